The molecule has 1 atom stereocenters. The van der Waals surface area contributed by atoms with Crippen molar-refractivity contribution in [3.8, 4) is 5.75 Å². The number of rotatable bonds is 7. The zero-order chi connectivity index (χ0) is 15.1. The molecule has 1 aromatic rings. The Morgan fingerprint density at radius 1 is 1.40 bits per heavy atom. The summed E-state index contributed by atoms with van der Waals surface area (Å²) in [6.45, 7) is 5.56. The first-order chi connectivity index (χ1) is 9.49. The molecule has 6 heteroatoms. The zero-order valence-corrected chi connectivity index (χ0v) is 11.9. The third-order valence-corrected chi connectivity index (χ3v) is 3.02. The molecule has 1 heterocycles. The van der Waals surface area contributed by atoms with Gasteiger partial charge in [-0.2, -0.15) is 0 Å². The summed E-state index contributed by atoms with van der Waals surface area (Å²) in [6, 6.07) is 1.44. The first-order valence-corrected chi connectivity index (χ1v) is 6.63. The highest BCUT2D eigenvalue weighted by molar-refractivity contribution is 5.91. The maximum absolute atomic E-state index is 12.0. The Morgan fingerprint density at radius 2 is 2.05 bits per heavy atom. The highest BCUT2D eigenvalue weighted by Gasteiger charge is 2.20. The van der Waals surface area contributed by atoms with E-state index in [1.165, 1.54) is 18.5 Å². The number of carbonyl (C=O) groups excluding carboxylic acids is 1. The van der Waals surface area contributed by atoms with Crippen LogP contribution in [-0.2, 0) is 4.79 Å². The normalized spacial score (nSPS) is 12.0. The van der Waals surface area contributed by atoms with Crippen LogP contribution in [0.2, 0.25) is 0 Å². The quantitative estimate of drug-likeness (QED) is 0.795. The van der Waals surface area contributed by atoms with E-state index in [2.05, 4.69) is 10.3 Å². The zero-order valence-electron chi connectivity index (χ0n) is 11.9. The van der Waals surface area contributed by atoms with Crippen LogP contribution in [0, 0.1) is 0 Å². The van der Waals surface area contributed by atoms with Gasteiger partial charge in [-0.15, -0.1) is 0 Å². The Labute approximate surface area is 118 Å². The lowest BCUT2D eigenvalue weighted by atomic mass is 10.1. The maximum Gasteiger partial charge on any atom is 0.339 e. The summed E-state index contributed by atoms with van der Waals surface area (Å²) in [5.74, 6) is -1.29. The maximum atomic E-state index is 12.0. The molecule has 1 aromatic heterocycles. The molecule has 0 fully saturated rings. The molecular weight excluding hydrogens is 260 g/mol. The predicted molar refractivity (Wildman–Crippen MR) is 73.8 cm³/mol. The number of nitrogens with zero attached hydrogens (tertiary/aromatic N) is 1. The molecule has 0 aliphatic heterocycles. The molecule has 2 N–H and O–H groups in total. The fourth-order valence-electron chi connectivity index (χ4n) is 1.71. The van der Waals surface area contributed by atoms with Gasteiger partial charge in [0.15, 0.2) is 11.9 Å². The topological polar surface area (TPSA) is 88.5 Å². The van der Waals surface area contributed by atoms with Gasteiger partial charge >= 0.3 is 5.97 Å². The monoisotopic (exact) mass is 280 g/mol. The Kier molecular flexibility index (Phi) is 5.96. The first-order valence-electron chi connectivity index (χ1n) is 6.63. The third kappa shape index (κ3) is 4.22. The minimum Gasteiger partial charge on any atom is -0.478 e. The molecular formula is C14H20N2O4. The van der Waals surface area contributed by atoms with E-state index in [-0.39, 0.29) is 23.3 Å². The second-order valence-electron chi connectivity index (χ2n) is 4.46. The molecule has 6 nitrogen and oxygen atoms in total. The smallest absolute Gasteiger partial charge is 0.339 e. The van der Waals surface area contributed by atoms with Crippen molar-refractivity contribution in [3.63, 3.8) is 0 Å². The van der Waals surface area contributed by atoms with Crippen molar-refractivity contribution >= 4 is 11.9 Å². The number of carboxylic acids is 1. The van der Waals surface area contributed by atoms with E-state index in [4.69, 9.17) is 9.84 Å². The van der Waals surface area contributed by atoms with Gasteiger partial charge in [-0.05, 0) is 25.8 Å². The Hall–Kier alpha value is -2.11. The van der Waals surface area contributed by atoms with Crippen molar-refractivity contribution in [3.05, 3.63) is 24.0 Å². The number of carbonyl (C=O) groups is 2. The van der Waals surface area contributed by atoms with Crippen molar-refractivity contribution < 1.29 is 19.4 Å². The van der Waals surface area contributed by atoms with Crippen LogP contribution < -0.4 is 10.1 Å². The van der Waals surface area contributed by atoms with E-state index < -0.39 is 12.1 Å². The molecule has 1 rings (SSSR count). The number of ether oxygens (including phenoxy) is 1. The SMILES string of the molecule is CCC(CC)NC(=O)C(C)Oc1cnccc1C(=O)O. The number of aromatic carboxylic acids is 1. The minimum absolute atomic E-state index is 0.0119. The van der Waals surface area contributed by atoms with Crippen LogP contribution in [0.3, 0.4) is 0 Å². The number of aromatic nitrogens is 1. The summed E-state index contributed by atoms with van der Waals surface area (Å²) in [7, 11) is 0. The third-order valence-electron chi connectivity index (χ3n) is 3.02. The van der Waals surface area contributed by atoms with E-state index in [1.807, 2.05) is 13.8 Å². The van der Waals surface area contributed by atoms with Crippen molar-refractivity contribution in [2.75, 3.05) is 0 Å². The lowest BCUT2D eigenvalue weighted by Gasteiger charge is -2.19. The first kappa shape index (κ1) is 15.9. The van der Waals surface area contributed by atoms with Gasteiger partial charge in [0, 0.05) is 12.2 Å². The van der Waals surface area contributed by atoms with Crippen LogP contribution in [0.5, 0.6) is 5.75 Å². The van der Waals surface area contributed by atoms with Crippen molar-refractivity contribution in [1.82, 2.24) is 10.3 Å². The number of hydrogen-bond acceptors (Lipinski definition) is 4. The van der Waals surface area contributed by atoms with Crippen molar-refractivity contribution in [2.24, 2.45) is 0 Å². The predicted octanol–water partition coefficient (Wildman–Crippen LogP) is 1.85. The van der Waals surface area contributed by atoms with Crippen LogP contribution in [0.4, 0.5) is 0 Å². The molecule has 0 bridgehead atoms. The van der Waals surface area contributed by atoms with Gasteiger partial charge in [-0.25, -0.2) is 4.79 Å². The summed E-state index contributed by atoms with van der Waals surface area (Å²) < 4.78 is 5.40. The molecule has 0 spiro atoms. The lowest BCUT2D eigenvalue weighted by molar-refractivity contribution is -0.128. The standard InChI is InChI=1S/C14H20N2O4/c1-4-10(5-2)16-13(17)9(3)20-12-8-15-7-6-11(12)14(18)19/h6-10H,4-5H2,1-3H3,(H,16,17)(H,18,19). The number of hydrogen-bond donors (Lipinski definition) is 2. The van der Waals surface area contributed by atoms with E-state index in [9.17, 15) is 9.59 Å². The number of carboxylic acid groups (broad SMARTS) is 1. The Balaban J connectivity index is 2.73. The average Bonchev–Trinajstić information content (AvgIpc) is 2.44. The van der Waals surface area contributed by atoms with Crippen LogP contribution in [-0.4, -0.2) is 34.1 Å². The molecule has 0 aliphatic rings. The number of amides is 1. The van der Waals surface area contributed by atoms with Gasteiger partial charge in [-0.3, -0.25) is 9.78 Å². The van der Waals surface area contributed by atoms with Gasteiger partial charge in [0.25, 0.3) is 5.91 Å². The number of nitrogens with one attached hydrogen (secondary N) is 1. The molecule has 0 aromatic carbocycles. The summed E-state index contributed by atoms with van der Waals surface area (Å²) in [5, 5.41) is 11.9. The van der Waals surface area contributed by atoms with Gasteiger partial charge in [0.05, 0.1) is 6.20 Å². The Morgan fingerprint density at radius 3 is 2.60 bits per heavy atom. The van der Waals surface area contributed by atoms with Crippen LogP contribution in [0.25, 0.3) is 0 Å². The molecule has 0 aliphatic carbocycles. The van der Waals surface area contributed by atoms with Gasteiger partial charge in [0.2, 0.25) is 0 Å². The van der Waals surface area contributed by atoms with E-state index in [0.29, 0.717) is 0 Å². The summed E-state index contributed by atoms with van der Waals surface area (Å²) in [4.78, 5) is 26.8. The molecule has 20 heavy (non-hydrogen) atoms. The van der Waals surface area contributed by atoms with Crippen LogP contribution in [0.1, 0.15) is 44.0 Å². The highest BCUT2D eigenvalue weighted by Crippen LogP contribution is 2.18. The van der Waals surface area contributed by atoms with Crippen LogP contribution in [0.15, 0.2) is 18.5 Å². The van der Waals surface area contributed by atoms with E-state index in [1.54, 1.807) is 6.92 Å². The van der Waals surface area contributed by atoms with E-state index >= 15 is 0 Å². The van der Waals surface area contributed by atoms with Crippen LogP contribution >= 0.6 is 0 Å². The fourth-order valence-corrected chi connectivity index (χ4v) is 1.71. The largest absolute Gasteiger partial charge is 0.478 e. The Bertz CT molecular complexity index is 472. The summed E-state index contributed by atoms with van der Waals surface area (Å²) in [6.07, 6.45) is 3.55. The second-order valence-corrected chi connectivity index (χ2v) is 4.46. The molecule has 0 radical (unpaired) electrons. The van der Waals surface area contributed by atoms with Gasteiger partial charge in [-0.1, -0.05) is 13.8 Å². The molecule has 0 saturated heterocycles. The second kappa shape index (κ2) is 7.47. The van der Waals surface area contributed by atoms with Gasteiger partial charge in [0.1, 0.15) is 5.56 Å². The highest BCUT2D eigenvalue weighted by atomic mass is 16.5. The summed E-state index contributed by atoms with van der Waals surface area (Å²) >= 11 is 0. The lowest BCUT2D eigenvalue weighted by Crippen LogP contribution is -2.42. The number of pyridine rings is 1. The molecule has 0 saturated carbocycles. The molecule has 1 unspecified atom stereocenters. The summed E-state index contributed by atoms with van der Waals surface area (Å²) in [5.41, 5.74) is -0.0119. The molecule has 110 valence electrons. The minimum atomic E-state index is -1.12. The average molecular weight is 280 g/mol. The van der Waals surface area contributed by atoms with E-state index in [0.717, 1.165) is 12.8 Å². The van der Waals surface area contributed by atoms with Crippen molar-refractivity contribution in [2.45, 2.75) is 45.8 Å². The van der Waals surface area contributed by atoms with Crippen molar-refractivity contribution in [1.29, 1.82) is 0 Å². The van der Waals surface area contributed by atoms with Gasteiger partial charge < -0.3 is 15.2 Å². The fraction of sp³-hybridized carbons (Fsp3) is 0.500. The molecule has 1 amide bonds.